The zero-order valence-electron chi connectivity index (χ0n) is 18.7. The first-order chi connectivity index (χ1) is 16.5. The van der Waals surface area contributed by atoms with E-state index in [1.807, 2.05) is 15.5 Å². The molecule has 1 N–H and O–H groups in total. The van der Waals surface area contributed by atoms with Gasteiger partial charge in [-0.05, 0) is 37.1 Å². The van der Waals surface area contributed by atoms with E-state index in [0.29, 0.717) is 55.4 Å². The maximum atomic E-state index is 15.2. The predicted molar refractivity (Wildman–Crippen MR) is 124 cm³/mol. The lowest BCUT2D eigenvalue weighted by Crippen LogP contribution is -2.48. The summed E-state index contributed by atoms with van der Waals surface area (Å²) in [4.78, 5) is 33.3. The standard InChI is InChI=1S/C24H25FN4O5/c1-33-26-19(22-3-2-10-34-22)14-27-6-8-28(9-7-27)21-12-20-16(11-18(21)25)23(30)17(24(31)32)13-29(20)15-4-5-15/h2-3,10-13,15H,4-9,14H2,1H3,(H,31,32)/b26-19-. The van der Waals surface area contributed by atoms with Gasteiger partial charge in [-0.2, -0.15) is 0 Å². The molecule has 1 aromatic carbocycles. The van der Waals surface area contributed by atoms with Gasteiger partial charge in [0.1, 0.15) is 24.2 Å². The van der Waals surface area contributed by atoms with Crippen LogP contribution < -0.4 is 10.3 Å². The van der Waals surface area contributed by atoms with Crippen LogP contribution in [0.5, 0.6) is 0 Å². The molecule has 3 aromatic rings. The van der Waals surface area contributed by atoms with Crippen LogP contribution in [-0.2, 0) is 4.84 Å². The number of hydrogen-bond donors (Lipinski definition) is 1. The van der Waals surface area contributed by atoms with E-state index < -0.39 is 17.2 Å². The number of nitrogens with zero attached hydrogens (tertiary/aromatic N) is 4. The third kappa shape index (κ3) is 4.16. The Bertz CT molecular complexity index is 1310. The Hall–Kier alpha value is -3.66. The number of rotatable bonds is 7. The Kier molecular flexibility index (Phi) is 5.82. The van der Waals surface area contributed by atoms with Crippen molar-refractivity contribution in [2.45, 2.75) is 18.9 Å². The Balaban J connectivity index is 1.39. The van der Waals surface area contributed by atoms with Crippen LogP contribution in [0.15, 0.2) is 51.1 Å². The highest BCUT2D eigenvalue weighted by Gasteiger charge is 2.29. The fourth-order valence-electron chi connectivity index (χ4n) is 4.47. The van der Waals surface area contributed by atoms with Gasteiger partial charge < -0.3 is 23.8 Å². The van der Waals surface area contributed by atoms with Crippen molar-refractivity contribution in [3.8, 4) is 0 Å². The lowest BCUT2D eigenvalue weighted by molar-refractivity contribution is 0.0695. The molecular formula is C24H25FN4O5. The summed E-state index contributed by atoms with van der Waals surface area (Å²) >= 11 is 0. The van der Waals surface area contributed by atoms with Gasteiger partial charge in [-0.25, -0.2) is 9.18 Å². The number of furan rings is 1. The summed E-state index contributed by atoms with van der Waals surface area (Å²) in [5.41, 5.74) is 0.688. The number of carboxylic acids is 1. The number of anilines is 1. The maximum Gasteiger partial charge on any atom is 0.341 e. The predicted octanol–water partition coefficient (Wildman–Crippen LogP) is 2.94. The first kappa shape index (κ1) is 22.1. The van der Waals surface area contributed by atoms with Crippen LogP contribution >= 0.6 is 0 Å². The van der Waals surface area contributed by atoms with E-state index >= 15 is 4.39 Å². The van der Waals surface area contributed by atoms with Gasteiger partial charge in [0.05, 0.1) is 17.5 Å². The molecule has 2 fully saturated rings. The first-order valence-electron chi connectivity index (χ1n) is 11.2. The third-order valence-corrected chi connectivity index (χ3v) is 6.36. The number of carboxylic acid groups (broad SMARTS) is 1. The zero-order valence-corrected chi connectivity index (χ0v) is 18.7. The highest BCUT2D eigenvalue weighted by Crippen LogP contribution is 2.38. The summed E-state index contributed by atoms with van der Waals surface area (Å²) in [5, 5.41) is 13.6. The van der Waals surface area contributed by atoms with E-state index in [-0.39, 0.29) is 17.0 Å². The molecular weight excluding hydrogens is 443 g/mol. The molecule has 2 aromatic heterocycles. The molecule has 0 bridgehead atoms. The van der Waals surface area contributed by atoms with E-state index in [2.05, 4.69) is 10.1 Å². The second-order valence-corrected chi connectivity index (χ2v) is 8.60. The monoisotopic (exact) mass is 468 g/mol. The van der Waals surface area contributed by atoms with Crippen molar-refractivity contribution >= 4 is 28.3 Å². The van der Waals surface area contributed by atoms with Crippen molar-refractivity contribution < 1.29 is 23.5 Å². The van der Waals surface area contributed by atoms with Gasteiger partial charge in [-0.1, -0.05) is 5.16 Å². The van der Waals surface area contributed by atoms with E-state index in [9.17, 15) is 14.7 Å². The molecule has 2 aliphatic rings. The summed E-state index contributed by atoms with van der Waals surface area (Å²) in [5.74, 6) is -1.18. The van der Waals surface area contributed by atoms with Crippen LogP contribution in [-0.4, -0.2) is 66.1 Å². The second-order valence-electron chi connectivity index (χ2n) is 8.60. The molecule has 0 unspecified atom stereocenters. The minimum atomic E-state index is -1.30. The quantitative estimate of drug-likeness (QED) is 0.420. The number of carbonyl (C=O) groups is 1. The number of hydrogen-bond acceptors (Lipinski definition) is 7. The maximum absolute atomic E-state index is 15.2. The van der Waals surface area contributed by atoms with Crippen molar-refractivity contribution in [3.05, 3.63) is 64.1 Å². The first-order valence-corrected chi connectivity index (χ1v) is 11.2. The molecule has 10 heteroatoms. The highest BCUT2D eigenvalue weighted by molar-refractivity contribution is 5.99. The van der Waals surface area contributed by atoms with Gasteiger partial charge in [0.15, 0.2) is 5.76 Å². The van der Waals surface area contributed by atoms with Gasteiger partial charge in [0, 0.05) is 50.3 Å². The molecule has 1 aliphatic heterocycles. The minimum Gasteiger partial charge on any atom is -0.477 e. The molecule has 0 amide bonds. The van der Waals surface area contributed by atoms with Crippen molar-refractivity contribution in [2.24, 2.45) is 5.16 Å². The Morgan fingerprint density at radius 3 is 2.65 bits per heavy atom. The Labute approximate surface area is 194 Å². The van der Waals surface area contributed by atoms with Gasteiger partial charge in [-0.3, -0.25) is 9.69 Å². The van der Waals surface area contributed by atoms with E-state index in [1.54, 1.807) is 18.4 Å². The van der Waals surface area contributed by atoms with Gasteiger partial charge in [0.2, 0.25) is 5.43 Å². The number of aromatic nitrogens is 1. The number of oxime groups is 1. The topological polar surface area (TPSA) is 101 Å². The van der Waals surface area contributed by atoms with E-state index in [4.69, 9.17) is 9.25 Å². The van der Waals surface area contributed by atoms with Crippen LogP contribution in [0.25, 0.3) is 10.9 Å². The van der Waals surface area contributed by atoms with Gasteiger partial charge >= 0.3 is 5.97 Å². The molecule has 34 heavy (non-hydrogen) atoms. The van der Waals surface area contributed by atoms with Crippen LogP contribution in [0.3, 0.4) is 0 Å². The number of halogens is 1. The fraction of sp³-hybridized carbons (Fsp3) is 0.375. The summed E-state index contributed by atoms with van der Waals surface area (Å²) < 4.78 is 22.4. The summed E-state index contributed by atoms with van der Waals surface area (Å²) in [6.45, 7) is 3.06. The number of piperazine rings is 1. The van der Waals surface area contributed by atoms with Crippen molar-refractivity contribution in [2.75, 3.05) is 44.7 Å². The highest BCUT2D eigenvalue weighted by atomic mass is 19.1. The Morgan fingerprint density at radius 1 is 1.26 bits per heavy atom. The molecule has 1 aliphatic carbocycles. The van der Waals surface area contributed by atoms with Crippen LogP contribution in [0.2, 0.25) is 0 Å². The molecule has 0 spiro atoms. The van der Waals surface area contributed by atoms with Crippen molar-refractivity contribution in [1.29, 1.82) is 0 Å². The van der Waals surface area contributed by atoms with Crippen LogP contribution in [0, 0.1) is 5.82 Å². The SMILES string of the molecule is CO/N=C(/CN1CCN(c2cc3c(cc2F)c(=O)c(C(=O)O)cn3C2CC2)CC1)c1ccco1. The van der Waals surface area contributed by atoms with E-state index in [0.717, 1.165) is 12.8 Å². The number of pyridine rings is 1. The second kappa shape index (κ2) is 8.94. The number of benzene rings is 1. The molecule has 1 saturated heterocycles. The van der Waals surface area contributed by atoms with Crippen LogP contribution in [0.4, 0.5) is 10.1 Å². The molecule has 5 rings (SSSR count). The third-order valence-electron chi connectivity index (χ3n) is 6.36. The smallest absolute Gasteiger partial charge is 0.341 e. The van der Waals surface area contributed by atoms with Gasteiger partial charge in [-0.15, -0.1) is 0 Å². The molecule has 0 atom stereocenters. The van der Waals surface area contributed by atoms with Crippen LogP contribution in [0.1, 0.15) is 35.0 Å². The molecule has 0 radical (unpaired) electrons. The lowest BCUT2D eigenvalue weighted by atomic mass is 10.1. The summed E-state index contributed by atoms with van der Waals surface area (Å²) in [6, 6.07) is 6.63. The average Bonchev–Trinajstić information content (AvgIpc) is 3.52. The summed E-state index contributed by atoms with van der Waals surface area (Å²) in [7, 11) is 1.49. The van der Waals surface area contributed by atoms with E-state index in [1.165, 1.54) is 19.4 Å². The normalized spacial score (nSPS) is 17.4. The van der Waals surface area contributed by atoms with Crippen molar-refractivity contribution in [1.82, 2.24) is 9.47 Å². The average molecular weight is 468 g/mol. The molecule has 9 nitrogen and oxygen atoms in total. The van der Waals surface area contributed by atoms with Crippen molar-refractivity contribution in [3.63, 3.8) is 0 Å². The summed E-state index contributed by atoms with van der Waals surface area (Å²) in [6.07, 6.45) is 4.80. The number of fused-ring (bicyclic) bond motifs is 1. The molecule has 178 valence electrons. The largest absolute Gasteiger partial charge is 0.477 e. The minimum absolute atomic E-state index is 0.102. The Morgan fingerprint density at radius 2 is 2.03 bits per heavy atom. The molecule has 1 saturated carbocycles. The number of aromatic carboxylic acids is 1. The lowest BCUT2D eigenvalue weighted by Gasteiger charge is -2.36. The zero-order chi connectivity index (χ0) is 23.8. The van der Waals surface area contributed by atoms with Gasteiger partial charge in [0.25, 0.3) is 0 Å². The fourth-order valence-corrected chi connectivity index (χ4v) is 4.47. The molecule has 3 heterocycles.